The Morgan fingerprint density at radius 1 is 1.38 bits per heavy atom. The van der Waals surface area contributed by atoms with Crippen molar-refractivity contribution in [2.45, 2.75) is 18.6 Å². The van der Waals surface area contributed by atoms with Gasteiger partial charge in [0.15, 0.2) is 0 Å². The molecule has 1 rings (SSSR count). The van der Waals surface area contributed by atoms with E-state index in [1.165, 1.54) is 12.1 Å². The lowest BCUT2D eigenvalue weighted by molar-refractivity contribution is -0.138. The van der Waals surface area contributed by atoms with Gasteiger partial charge < -0.3 is 15.9 Å². The summed E-state index contributed by atoms with van der Waals surface area (Å²) in [4.78, 5) is 10.4. The maximum absolute atomic E-state index is 10.4. The summed E-state index contributed by atoms with van der Waals surface area (Å²) in [6.07, 6.45) is -1.40. The second-order valence-electron chi connectivity index (χ2n) is 3.38. The molecule has 88 valence electrons. The zero-order valence-corrected chi connectivity index (χ0v) is 9.74. The van der Waals surface area contributed by atoms with Crippen molar-refractivity contribution in [1.29, 1.82) is 0 Å². The summed E-state index contributed by atoms with van der Waals surface area (Å²) in [5.74, 6) is -1.06. The third-order valence-electron chi connectivity index (χ3n) is 2.10. The van der Waals surface area contributed by atoms with Gasteiger partial charge in [-0.25, -0.2) is 0 Å². The first-order chi connectivity index (χ1) is 7.41. The standard InChI is InChI=1S/C10H11Cl2NO3/c11-6-2-1-5(3-7(6)12)10(16)8(13)4-9(14)15/h1-3,8,10,16H,4,13H2,(H,14,15). The fourth-order valence-electron chi connectivity index (χ4n) is 1.26. The quantitative estimate of drug-likeness (QED) is 0.774. The average Bonchev–Trinajstić information content (AvgIpc) is 2.20. The van der Waals surface area contributed by atoms with E-state index in [-0.39, 0.29) is 6.42 Å². The molecule has 2 unspecified atom stereocenters. The van der Waals surface area contributed by atoms with Crippen LogP contribution < -0.4 is 5.73 Å². The monoisotopic (exact) mass is 263 g/mol. The van der Waals surface area contributed by atoms with Crippen LogP contribution in [0.25, 0.3) is 0 Å². The van der Waals surface area contributed by atoms with E-state index >= 15 is 0 Å². The Morgan fingerprint density at radius 2 is 2.00 bits per heavy atom. The van der Waals surface area contributed by atoms with Crippen molar-refractivity contribution in [3.63, 3.8) is 0 Å². The highest BCUT2D eigenvalue weighted by Gasteiger charge is 2.20. The summed E-state index contributed by atoms with van der Waals surface area (Å²) in [6, 6.07) is 3.67. The van der Waals surface area contributed by atoms with Gasteiger partial charge in [-0.15, -0.1) is 0 Å². The van der Waals surface area contributed by atoms with Crippen LogP contribution in [-0.4, -0.2) is 22.2 Å². The van der Waals surface area contributed by atoms with Gasteiger partial charge in [0.05, 0.1) is 22.6 Å². The number of aliphatic hydroxyl groups excluding tert-OH is 1. The molecule has 6 heteroatoms. The zero-order valence-electron chi connectivity index (χ0n) is 8.23. The van der Waals surface area contributed by atoms with Gasteiger partial charge >= 0.3 is 5.97 Å². The van der Waals surface area contributed by atoms with Gasteiger partial charge in [0.1, 0.15) is 0 Å². The molecule has 16 heavy (non-hydrogen) atoms. The highest BCUT2D eigenvalue weighted by Crippen LogP contribution is 2.27. The molecule has 4 nitrogen and oxygen atoms in total. The molecule has 1 aromatic carbocycles. The molecule has 2 atom stereocenters. The van der Waals surface area contributed by atoms with E-state index < -0.39 is 18.1 Å². The van der Waals surface area contributed by atoms with E-state index in [2.05, 4.69) is 0 Å². The van der Waals surface area contributed by atoms with Gasteiger partial charge in [-0.3, -0.25) is 4.79 Å². The second-order valence-corrected chi connectivity index (χ2v) is 4.19. The minimum Gasteiger partial charge on any atom is -0.481 e. The maximum Gasteiger partial charge on any atom is 0.305 e. The van der Waals surface area contributed by atoms with Crippen LogP contribution in [0.1, 0.15) is 18.1 Å². The van der Waals surface area contributed by atoms with Crippen LogP contribution in [-0.2, 0) is 4.79 Å². The van der Waals surface area contributed by atoms with Crippen LogP contribution in [0.4, 0.5) is 0 Å². The number of hydrogen-bond donors (Lipinski definition) is 3. The van der Waals surface area contributed by atoms with Crippen molar-refractivity contribution in [3.05, 3.63) is 33.8 Å². The number of hydrogen-bond acceptors (Lipinski definition) is 3. The van der Waals surface area contributed by atoms with Gasteiger partial charge in [0.2, 0.25) is 0 Å². The highest BCUT2D eigenvalue weighted by molar-refractivity contribution is 6.42. The lowest BCUT2D eigenvalue weighted by Crippen LogP contribution is -2.30. The number of benzene rings is 1. The molecule has 0 spiro atoms. The number of carboxylic acids is 1. The van der Waals surface area contributed by atoms with Crippen LogP contribution >= 0.6 is 23.2 Å². The molecular formula is C10H11Cl2NO3. The van der Waals surface area contributed by atoms with Crippen molar-refractivity contribution >= 4 is 29.2 Å². The van der Waals surface area contributed by atoms with Crippen LogP contribution in [0.15, 0.2) is 18.2 Å². The van der Waals surface area contributed by atoms with E-state index in [9.17, 15) is 9.90 Å². The van der Waals surface area contributed by atoms with Crippen LogP contribution in [0.5, 0.6) is 0 Å². The molecule has 0 radical (unpaired) electrons. The second kappa shape index (κ2) is 5.50. The van der Waals surface area contributed by atoms with Gasteiger partial charge in [-0.05, 0) is 17.7 Å². The van der Waals surface area contributed by atoms with Crippen LogP contribution in [0.3, 0.4) is 0 Å². The SMILES string of the molecule is NC(CC(=O)O)C(O)c1ccc(Cl)c(Cl)c1. The Bertz CT molecular complexity index is 398. The normalized spacial score (nSPS) is 14.5. The molecule has 0 aromatic heterocycles. The molecule has 0 aliphatic heterocycles. The molecule has 0 saturated heterocycles. The van der Waals surface area contributed by atoms with Crippen molar-refractivity contribution in [2.75, 3.05) is 0 Å². The fourth-order valence-corrected chi connectivity index (χ4v) is 1.56. The topological polar surface area (TPSA) is 83.6 Å². The first kappa shape index (κ1) is 13.3. The molecule has 0 amide bonds. The lowest BCUT2D eigenvalue weighted by Gasteiger charge is -2.17. The molecule has 0 bridgehead atoms. The number of aliphatic carboxylic acids is 1. The van der Waals surface area contributed by atoms with Gasteiger partial charge in [0, 0.05) is 6.04 Å². The third kappa shape index (κ3) is 3.35. The van der Waals surface area contributed by atoms with Crippen molar-refractivity contribution in [2.24, 2.45) is 5.73 Å². The van der Waals surface area contributed by atoms with Gasteiger partial charge in [-0.1, -0.05) is 29.3 Å². The molecule has 0 aliphatic rings. The minimum atomic E-state index is -1.08. The summed E-state index contributed by atoms with van der Waals surface area (Å²) in [5.41, 5.74) is 5.98. The first-order valence-electron chi connectivity index (χ1n) is 4.52. The maximum atomic E-state index is 10.4. The molecule has 0 fully saturated rings. The van der Waals surface area contributed by atoms with Crippen LogP contribution in [0.2, 0.25) is 10.0 Å². The average molecular weight is 264 g/mol. The summed E-state index contributed by atoms with van der Waals surface area (Å²) < 4.78 is 0. The largest absolute Gasteiger partial charge is 0.481 e. The number of rotatable bonds is 4. The Kier molecular flexibility index (Phi) is 4.56. The van der Waals surface area contributed by atoms with Crippen molar-refractivity contribution in [3.8, 4) is 0 Å². The zero-order chi connectivity index (χ0) is 12.3. The third-order valence-corrected chi connectivity index (χ3v) is 2.84. The summed E-state index contributed by atoms with van der Waals surface area (Å²) in [5, 5.41) is 19.0. The highest BCUT2D eigenvalue weighted by atomic mass is 35.5. The molecule has 4 N–H and O–H groups in total. The minimum absolute atomic E-state index is 0.292. The van der Waals surface area contributed by atoms with Crippen molar-refractivity contribution in [1.82, 2.24) is 0 Å². The fraction of sp³-hybridized carbons (Fsp3) is 0.300. The van der Waals surface area contributed by atoms with E-state index in [1.807, 2.05) is 0 Å². The molecular weight excluding hydrogens is 253 g/mol. The lowest BCUT2D eigenvalue weighted by atomic mass is 10.0. The van der Waals surface area contributed by atoms with E-state index in [0.29, 0.717) is 15.6 Å². The van der Waals surface area contributed by atoms with Crippen molar-refractivity contribution < 1.29 is 15.0 Å². The number of nitrogens with two attached hydrogens (primary N) is 1. The Balaban J connectivity index is 2.83. The molecule has 0 saturated carbocycles. The number of halogens is 2. The molecule has 0 aliphatic carbocycles. The molecule has 1 aromatic rings. The number of aliphatic hydroxyl groups is 1. The van der Waals surface area contributed by atoms with Gasteiger partial charge in [-0.2, -0.15) is 0 Å². The predicted molar refractivity (Wildman–Crippen MR) is 61.7 cm³/mol. The summed E-state index contributed by atoms with van der Waals surface area (Å²) >= 11 is 11.5. The van der Waals surface area contributed by atoms with Crippen LogP contribution in [0, 0.1) is 0 Å². The smallest absolute Gasteiger partial charge is 0.305 e. The number of carbonyl (C=O) groups is 1. The van der Waals surface area contributed by atoms with E-state index in [1.54, 1.807) is 6.07 Å². The van der Waals surface area contributed by atoms with E-state index in [4.69, 9.17) is 34.0 Å². The molecule has 0 heterocycles. The van der Waals surface area contributed by atoms with E-state index in [0.717, 1.165) is 0 Å². The Hall–Kier alpha value is -0.810. The Morgan fingerprint density at radius 3 is 2.50 bits per heavy atom. The van der Waals surface area contributed by atoms with Gasteiger partial charge in [0.25, 0.3) is 0 Å². The predicted octanol–water partition coefficient (Wildman–Crippen LogP) is 1.83. The first-order valence-corrected chi connectivity index (χ1v) is 5.28. The summed E-state index contributed by atoms with van der Waals surface area (Å²) in [6.45, 7) is 0. The summed E-state index contributed by atoms with van der Waals surface area (Å²) in [7, 11) is 0. The Labute approximate surface area is 103 Å². The number of carboxylic acid groups (broad SMARTS) is 1.